The zero-order valence-corrected chi connectivity index (χ0v) is 9.77. The summed E-state index contributed by atoms with van der Waals surface area (Å²) < 4.78 is 11.3. The molecular weight excluding hydrogens is 272 g/mol. The van der Waals surface area contributed by atoms with Gasteiger partial charge in [0.2, 0.25) is 6.79 Å². The summed E-state index contributed by atoms with van der Waals surface area (Å²) in [6.07, 6.45) is 1.52. The largest absolute Gasteiger partial charge is 0.454 e. The number of rotatable bonds is 1. The quantitative estimate of drug-likeness (QED) is 0.753. The molecule has 0 bridgehead atoms. The van der Waals surface area contributed by atoms with Crippen LogP contribution in [0.25, 0.3) is 11.3 Å². The van der Waals surface area contributed by atoms with Crippen molar-refractivity contribution in [1.29, 1.82) is 0 Å². The van der Waals surface area contributed by atoms with Crippen molar-refractivity contribution in [3.05, 3.63) is 35.2 Å². The van der Waals surface area contributed by atoms with Crippen LogP contribution in [-0.4, -0.2) is 16.8 Å². The highest BCUT2D eigenvalue weighted by Crippen LogP contribution is 2.35. The summed E-state index contributed by atoms with van der Waals surface area (Å²) in [6, 6.07) is 7.60. The lowest BCUT2D eigenvalue weighted by molar-refractivity contribution is 0.174. The minimum absolute atomic E-state index is 0.284. The van der Waals surface area contributed by atoms with Crippen molar-refractivity contribution in [2.45, 2.75) is 0 Å². The van der Waals surface area contributed by atoms with Crippen LogP contribution in [0.4, 0.5) is 0 Å². The first-order valence-corrected chi connectivity index (χ1v) is 5.50. The summed E-state index contributed by atoms with van der Waals surface area (Å²) in [5, 5.41) is 0. The van der Waals surface area contributed by atoms with Gasteiger partial charge in [-0.15, -0.1) is 0 Å². The lowest BCUT2D eigenvalue weighted by Crippen LogP contribution is -1.92. The topological polar surface area (TPSA) is 44.2 Å². The summed E-state index contributed by atoms with van der Waals surface area (Å²) in [5.74, 6) is 1.53. The minimum Gasteiger partial charge on any atom is -0.454 e. The zero-order chi connectivity index (χ0) is 11.0. The van der Waals surface area contributed by atoms with Gasteiger partial charge in [0, 0.05) is 5.56 Å². The summed E-state index contributed by atoms with van der Waals surface area (Å²) >= 11 is 3.31. The third kappa shape index (κ3) is 1.63. The van der Waals surface area contributed by atoms with E-state index in [1.807, 2.05) is 24.3 Å². The van der Waals surface area contributed by atoms with E-state index in [9.17, 15) is 0 Å². The van der Waals surface area contributed by atoms with Crippen molar-refractivity contribution < 1.29 is 9.47 Å². The molecule has 2 aromatic rings. The maximum absolute atomic E-state index is 5.31. The highest BCUT2D eigenvalue weighted by Gasteiger charge is 2.14. The fraction of sp³-hybridized carbons (Fsp3) is 0.0909. The van der Waals surface area contributed by atoms with Gasteiger partial charge < -0.3 is 9.47 Å². The number of hydrogen-bond acceptors (Lipinski definition) is 4. The molecule has 1 aromatic heterocycles. The van der Waals surface area contributed by atoms with Gasteiger partial charge in [0.1, 0.15) is 10.9 Å². The normalized spacial score (nSPS) is 12.8. The van der Waals surface area contributed by atoms with E-state index in [1.54, 1.807) is 0 Å². The Labute approximate surface area is 100 Å². The Kier molecular flexibility index (Phi) is 2.25. The second-order valence-electron chi connectivity index (χ2n) is 3.29. The Morgan fingerprint density at radius 2 is 1.94 bits per heavy atom. The number of benzene rings is 1. The molecule has 0 N–H and O–H groups in total. The molecule has 5 heteroatoms. The number of nitrogens with zero attached hydrogens (tertiary/aromatic N) is 2. The summed E-state index contributed by atoms with van der Waals surface area (Å²) in [6.45, 7) is 0.284. The van der Waals surface area contributed by atoms with Gasteiger partial charge in [-0.25, -0.2) is 9.97 Å². The monoisotopic (exact) mass is 278 g/mol. The number of aromatic nitrogens is 2. The summed E-state index contributed by atoms with van der Waals surface area (Å²) in [7, 11) is 0. The molecular formula is C11H7BrN2O2. The molecule has 0 amide bonds. The zero-order valence-electron chi connectivity index (χ0n) is 8.18. The van der Waals surface area contributed by atoms with Crippen molar-refractivity contribution in [2.75, 3.05) is 6.79 Å². The van der Waals surface area contributed by atoms with Crippen LogP contribution < -0.4 is 9.47 Å². The molecule has 2 heterocycles. The van der Waals surface area contributed by atoms with Crippen LogP contribution in [-0.2, 0) is 0 Å². The predicted octanol–water partition coefficient (Wildman–Crippen LogP) is 2.63. The third-order valence-electron chi connectivity index (χ3n) is 2.30. The second kappa shape index (κ2) is 3.75. The molecule has 4 nitrogen and oxygen atoms in total. The summed E-state index contributed by atoms with van der Waals surface area (Å²) in [4.78, 5) is 8.19. The fourth-order valence-electron chi connectivity index (χ4n) is 1.55. The molecule has 3 rings (SSSR count). The highest BCUT2D eigenvalue weighted by atomic mass is 79.9. The average Bonchev–Trinajstić information content (AvgIpc) is 2.75. The first kappa shape index (κ1) is 9.59. The Bertz CT molecular complexity index is 545. The van der Waals surface area contributed by atoms with Crippen LogP contribution in [0.2, 0.25) is 0 Å². The predicted molar refractivity (Wildman–Crippen MR) is 61.3 cm³/mol. The molecule has 80 valence electrons. The first-order chi connectivity index (χ1) is 7.83. The van der Waals surface area contributed by atoms with Gasteiger partial charge in [-0.05, 0) is 40.2 Å². The maximum Gasteiger partial charge on any atom is 0.231 e. The molecule has 0 radical (unpaired) electrons. The molecule has 1 aromatic carbocycles. The van der Waals surface area contributed by atoms with Gasteiger partial charge in [0.25, 0.3) is 0 Å². The SMILES string of the molecule is Brc1cc(-c2ccc3c(c2)OCO3)ncn1. The summed E-state index contributed by atoms with van der Waals surface area (Å²) in [5.41, 5.74) is 1.83. The third-order valence-corrected chi connectivity index (χ3v) is 2.74. The van der Waals surface area contributed by atoms with E-state index in [1.165, 1.54) is 6.33 Å². The molecule has 1 aliphatic rings. The Balaban J connectivity index is 2.07. The Hall–Kier alpha value is -1.62. The smallest absolute Gasteiger partial charge is 0.231 e. The van der Waals surface area contributed by atoms with Crippen molar-refractivity contribution >= 4 is 15.9 Å². The van der Waals surface area contributed by atoms with E-state index in [0.29, 0.717) is 0 Å². The molecule has 0 unspecified atom stereocenters. The molecule has 16 heavy (non-hydrogen) atoms. The van der Waals surface area contributed by atoms with Crippen molar-refractivity contribution in [3.8, 4) is 22.8 Å². The molecule has 0 atom stereocenters. The van der Waals surface area contributed by atoms with Crippen LogP contribution in [0, 0.1) is 0 Å². The van der Waals surface area contributed by atoms with Gasteiger partial charge in [0.15, 0.2) is 11.5 Å². The van der Waals surface area contributed by atoms with Gasteiger partial charge in [-0.2, -0.15) is 0 Å². The van der Waals surface area contributed by atoms with E-state index in [2.05, 4.69) is 25.9 Å². The average molecular weight is 279 g/mol. The molecule has 0 fully saturated rings. The van der Waals surface area contributed by atoms with Gasteiger partial charge in [-0.3, -0.25) is 0 Å². The van der Waals surface area contributed by atoms with E-state index < -0.39 is 0 Å². The second-order valence-corrected chi connectivity index (χ2v) is 4.11. The van der Waals surface area contributed by atoms with E-state index in [0.717, 1.165) is 27.4 Å². The van der Waals surface area contributed by atoms with Gasteiger partial charge >= 0.3 is 0 Å². The lowest BCUT2D eigenvalue weighted by Gasteiger charge is -2.02. The van der Waals surface area contributed by atoms with Crippen LogP contribution in [0.3, 0.4) is 0 Å². The van der Waals surface area contributed by atoms with Crippen molar-refractivity contribution in [2.24, 2.45) is 0 Å². The van der Waals surface area contributed by atoms with E-state index in [4.69, 9.17) is 9.47 Å². The van der Waals surface area contributed by atoms with Gasteiger partial charge in [0.05, 0.1) is 5.69 Å². The van der Waals surface area contributed by atoms with Crippen molar-refractivity contribution in [3.63, 3.8) is 0 Å². The van der Waals surface area contributed by atoms with Crippen LogP contribution >= 0.6 is 15.9 Å². The van der Waals surface area contributed by atoms with Crippen LogP contribution in [0.1, 0.15) is 0 Å². The molecule has 0 saturated heterocycles. The standard InChI is InChI=1S/C11H7BrN2O2/c12-11-4-8(13-5-14-11)7-1-2-9-10(3-7)16-6-15-9/h1-5H,6H2. The molecule has 0 saturated carbocycles. The Morgan fingerprint density at radius 1 is 1.06 bits per heavy atom. The van der Waals surface area contributed by atoms with Crippen molar-refractivity contribution in [1.82, 2.24) is 9.97 Å². The number of hydrogen-bond donors (Lipinski definition) is 0. The van der Waals surface area contributed by atoms with E-state index in [-0.39, 0.29) is 6.79 Å². The van der Waals surface area contributed by atoms with Crippen LogP contribution in [0.5, 0.6) is 11.5 Å². The van der Waals surface area contributed by atoms with Crippen LogP contribution in [0.15, 0.2) is 35.2 Å². The first-order valence-electron chi connectivity index (χ1n) is 4.70. The number of halogens is 1. The van der Waals surface area contributed by atoms with E-state index >= 15 is 0 Å². The van der Waals surface area contributed by atoms with Gasteiger partial charge in [-0.1, -0.05) is 0 Å². The molecule has 1 aliphatic heterocycles. The minimum atomic E-state index is 0.284. The molecule has 0 spiro atoms. The lowest BCUT2D eigenvalue weighted by atomic mass is 10.1. The Morgan fingerprint density at radius 3 is 2.81 bits per heavy atom. The maximum atomic E-state index is 5.31. The fourth-order valence-corrected chi connectivity index (χ4v) is 1.86. The highest BCUT2D eigenvalue weighted by molar-refractivity contribution is 9.10. The molecule has 0 aliphatic carbocycles. The number of fused-ring (bicyclic) bond motifs is 1. The number of ether oxygens (including phenoxy) is 2.